The molecule has 1 N–H and O–H groups in total. The Kier molecular flexibility index (Phi) is 4.53. The monoisotopic (exact) mass is 347 g/mol. The number of ketones is 1. The van der Waals surface area contributed by atoms with E-state index in [-0.39, 0.29) is 11.5 Å². The highest BCUT2D eigenvalue weighted by Gasteiger charge is 2.20. The number of aromatic nitrogens is 1. The molecule has 0 amide bonds. The number of hydrogen-bond acceptors (Lipinski definition) is 3. The number of carboxylic acids is 1. The predicted octanol–water partition coefficient (Wildman–Crippen LogP) is 3.69. The summed E-state index contributed by atoms with van der Waals surface area (Å²) in [6, 6.07) is 9.22. The molecule has 0 saturated heterocycles. The highest BCUT2D eigenvalue weighted by atomic mass is 79.9. The van der Waals surface area contributed by atoms with Gasteiger partial charge in [-0.2, -0.15) is 0 Å². The van der Waals surface area contributed by atoms with Crippen molar-refractivity contribution in [3.05, 3.63) is 46.1 Å². The van der Waals surface area contributed by atoms with Crippen LogP contribution < -0.4 is 0 Å². The van der Waals surface area contributed by atoms with Gasteiger partial charge in [0.2, 0.25) is 0 Å². The highest BCUT2D eigenvalue weighted by molar-refractivity contribution is 9.10. The van der Waals surface area contributed by atoms with Crippen LogP contribution in [0.25, 0.3) is 17.0 Å². The van der Waals surface area contributed by atoms with Gasteiger partial charge in [0.1, 0.15) is 5.57 Å². The number of fused-ring (bicyclic) bond motifs is 1. The maximum absolute atomic E-state index is 11.9. The summed E-state index contributed by atoms with van der Waals surface area (Å²) in [7, 11) is 0. The molecule has 0 aliphatic heterocycles. The Bertz CT molecular complexity index is 750. The smallest absolute Gasteiger partial charge is 0.339 e. The van der Waals surface area contributed by atoms with Gasteiger partial charge in [-0.3, -0.25) is 4.79 Å². The van der Waals surface area contributed by atoms with E-state index in [0.29, 0.717) is 5.69 Å². The van der Waals surface area contributed by atoms with Crippen LogP contribution in [0.1, 0.15) is 19.5 Å². The molecule has 1 aromatic heterocycles. The van der Waals surface area contributed by atoms with Crippen molar-refractivity contribution in [1.29, 1.82) is 0 Å². The number of benzene rings is 1. The van der Waals surface area contributed by atoms with Crippen LogP contribution >= 0.6 is 15.9 Å². The largest absolute Gasteiger partial charge is 0.478 e. The summed E-state index contributed by atoms with van der Waals surface area (Å²) < 4.78 is 0.822. The minimum Gasteiger partial charge on any atom is -0.478 e. The summed E-state index contributed by atoms with van der Waals surface area (Å²) in [5, 5.41) is 10.1. The van der Waals surface area contributed by atoms with Gasteiger partial charge < -0.3 is 5.11 Å². The number of carboxylic acid groups (broad SMARTS) is 1. The number of hydrogen-bond donors (Lipinski definition) is 1. The van der Waals surface area contributed by atoms with Crippen molar-refractivity contribution in [3.63, 3.8) is 0 Å². The van der Waals surface area contributed by atoms with Crippen LogP contribution in [-0.4, -0.2) is 21.8 Å². The van der Waals surface area contributed by atoms with Gasteiger partial charge in [-0.15, -0.1) is 0 Å². The van der Waals surface area contributed by atoms with Gasteiger partial charge in [0.25, 0.3) is 0 Å². The standard InChI is InChI=1S/C16H14BrNO3/c1-9(2)15(19)12(16(20)21)8-11-7-6-10-4-3-5-13(17)14(10)18-11/h3-9H,1-2H3,(H,20,21)/b12-8-. The number of carbonyl (C=O) groups excluding carboxylic acids is 1. The summed E-state index contributed by atoms with van der Waals surface area (Å²) in [6.07, 6.45) is 1.32. The molecule has 1 aromatic carbocycles. The second kappa shape index (κ2) is 6.18. The van der Waals surface area contributed by atoms with Crippen molar-refractivity contribution in [2.75, 3.05) is 0 Å². The Morgan fingerprint density at radius 1 is 1.24 bits per heavy atom. The van der Waals surface area contributed by atoms with Crippen LogP contribution in [0, 0.1) is 5.92 Å². The van der Waals surface area contributed by atoms with Gasteiger partial charge in [-0.05, 0) is 34.1 Å². The predicted molar refractivity (Wildman–Crippen MR) is 84.9 cm³/mol. The number of para-hydroxylation sites is 1. The molecule has 0 aliphatic carbocycles. The first-order valence-electron chi connectivity index (χ1n) is 6.44. The van der Waals surface area contributed by atoms with E-state index in [4.69, 9.17) is 0 Å². The number of Topliss-reactive ketones (excluding diaryl/α,β-unsaturated/α-hetero) is 1. The zero-order valence-electron chi connectivity index (χ0n) is 11.6. The molecule has 1 heterocycles. The summed E-state index contributed by atoms with van der Waals surface area (Å²) >= 11 is 3.41. The van der Waals surface area contributed by atoms with Crippen molar-refractivity contribution < 1.29 is 14.7 Å². The maximum Gasteiger partial charge on any atom is 0.339 e. The zero-order chi connectivity index (χ0) is 15.6. The van der Waals surface area contributed by atoms with Gasteiger partial charge in [-0.1, -0.05) is 32.0 Å². The summed E-state index contributed by atoms with van der Waals surface area (Å²) in [4.78, 5) is 27.6. The average Bonchev–Trinajstić information content (AvgIpc) is 2.44. The molecule has 108 valence electrons. The Balaban J connectivity index is 2.54. The molecule has 5 heteroatoms. The lowest BCUT2D eigenvalue weighted by Crippen LogP contribution is -2.17. The molecule has 0 bridgehead atoms. The maximum atomic E-state index is 11.9. The fourth-order valence-electron chi connectivity index (χ4n) is 1.90. The second-order valence-corrected chi connectivity index (χ2v) is 5.78. The normalized spacial score (nSPS) is 11.9. The first kappa shape index (κ1) is 15.4. The molecule has 2 aromatic rings. The molecule has 0 spiro atoms. The Morgan fingerprint density at radius 3 is 2.57 bits per heavy atom. The number of aliphatic carboxylic acids is 1. The van der Waals surface area contributed by atoms with Gasteiger partial charge in [-0.25, -0.2) is 9.78 Å². The van der Waals surface area contributed by atoms with Crippen LogP contribution in [0.3, 0.4) is 0 Å². The van der Waals surface area contributed by atoms with Crippen molar-refractivity contribution >= 4 is 44.7 Å². The van der Waals surface area contributed by atoms with Crippen molar-refractivity contribution in [2.45, 2.75) is 13.8 Å². The molecule has 4 nitrogen and oxygen atoms in total. The van der Waals surface area contributed by atoms with Crippen molar-refractivity contribution in [2.24, 2.45) is 5.92 Å². The third-order valence-corrected chi connectivity index (χ3v) is 3.64. The minimum absolute atomic E-state index is 0.246. The Hall–Kier alpha value is -2.01. The van der Waals surface area contributed by atoms with Gasteiger partial charge >= 0.3 is 5.97 Å². The fraction of sp³-hybridized carbons (Fsp3) is 0.188. The molecule has 0 saturated carbocycles. The third kappa shape index (κ3) is 3.36. The second-order valence-electron chi connectivity index (χ2n) is 4.93. The third-order valence-electron chi connectivity index (χ3n) is 3.01. The van der Waals surface area contributed by atoms with Crippen molar-refractivity contribution in [1.82, 2.24) is 4.98 Å². The number of rotatable bonds is 4. The van der Waals surface area contributed by atoms with Gasteiger partial charge in [0, 0.05) is 15.8 Å². The molecule has 0 radical (unpaired) electrons. The summed E-state index contributed by atoms with van der Waals surface area (Å²) in [5.74, 6) is -2.02. The minimum atomic E-state index is -1.23. The van der Waals surface area contributed by atoms with Crippen LogP contribution in [0.15, 0.2) is 40.4 Å². The molecule has 21 heavy (non-hydrogen) atoms. The SMILES string of the molecule is CC(C)C(=O)/C(=C/c1ccc2cccc(Br)c2n1)C(=O)O. The molecule has 0 aliphatic rings. The summed E-state index contributed by atoms with van der Waals surface area (Å²) in [5.41, 5.74) is 0.928. The Morgan fingerprint density at radius 2 is 1.95 bits per heavy atom. The lowest BCUT2D eigenvalue weighted by atomic mass is 10.00. The topological polar surface area (TPSA) is 67.3 Å². The van der Waals surface area contributed by atoms with Crippen LogP contribution in [0.5, 0.6) is 0 Å². The van der Waals surface area contributed by atoms with Crippen molar-refractivity contribution in [3.8, 4) is 0 Å². The lowest BCUT2D eigenvalue weighted by molar-refractivity contribution is -0.135. The molecule has 0 fully saturated rings. The first-order valence-corrected chi connectivity index (χ1v) is 7.24. The van der Waals surface area contributed by atoms with E-state index in [2.05, 4.69) is 20.9 Å². The van der Waals surface area contributed by atoms with Crippen LogP contribution in [-0.2, 0) is 9.59 Å². The Labute approximate surface area is 130 Å². The zero-order valence-corrected chi connectivity index (χ0v) is 13.2. The molecule has 0 atom stereocenters. The number of pyridine rings is 1. The quantitative estimate of drug-likeness (QED) is 0.520. The molecule has 2 rings (SSSR count). The number of halogens is 1. The van der Waals surface area contributed by atoms with E-state index in [1.54, 1.807) is 19.9 Å². The van der Waals surface area contributed by atoms with E-state index in [1.165, 1.54) is 6.08 Å². The van der Waals surface area contributed by atoms with Crippen LogP contribution in [0.2, 0.25) is 0 Å². The highest BCUT2D eigenvalue weighted by Crippen LogP contribution is 2.23. The first-order chi connectivity index (χ1) is 9.90. The lowest BCUT2D eigenvalue weighted by Gasteiger charge is -2.06. The number of carbonyl (C=O) groups is 2. The van der Waals surface area contributed by atoms with E-state index in [9.17, 15) is 14.7 Å². The van der Waals surface area contributed by atoms with E-state index < -0.39 is 11.8 Å². The van der Waals surface area contributed by atoms with E-state index in [1.807, 2.05) is 24.3 Å². The molecule has 0 unspecified atom stereocenters. The van der Waals surface area contributed by atoms with Gasteiger partial charge in [0.15, 0.2) is 5.78 Å². The van der Waals surface area contributed by atoms with Crippen LogP contribution in [0.4, 0.5) is 0 Å². The van der Waals surface area contributed by atoms with E-state index in [0.717, 1.165) is 15.4 Å². The average molecular weight is 348 g/mol. The molecular weight excluding hydrogens is 334 g/mol. The molecular formula is C16H14BrNO3. The fourth-order valence-corrected chi connectivity index (χ4v) is 2.37. The van der Waals surface area contributed by atoms with E-state index >= 15 is 0 Å². The summed E-state index contributed by atoms with van der Waals surface area (Å²) in [6.45, 7) is 3.34. The number of nitrogens with zero attached hydrogens (tertiary/aromatic N) is 1. The van der Waals surface area contributed by atoms with Gasteiger partial charge in [0.05, 0.1) is 11.2 Å².